The van der Waals surface area contributed by atoms with Crippen LogP contribution in [0, 0.1) is 5.82 Å². The molecule has 0 bridgehead atoms. The molecule has 0 aliphatic carbocycles. The molecule has 0 aromatic heterocycles. The Morgan fingerprint density at radius 3 is 2.53 bits per heavy atom. The predicted octanol–water partition coefficient (Wildman–Crippen LogP) is 2.21. The summed E-state index contributed by atoms with van der Waals surface area (Å²) in [5.41, 5.74) is -0.152. The Hall–Kier alpha value is -1.83. The molecule has 1 atom stereocenters. The molecular formula is C11H12F4N2O2. The molecule has 0 spiro atoms. The van der Waals surface area contributed by atoms with Crippen molar-refractivity contribution in [2.24, 2.45) is 0 Å². The lowest BCUT2D eigenvalue weighted by Gasteiger charge is -2.22. The number of carbonyl (C=O) groups is 1. The van der Waals surface area contributed by atoms with E-state index in [9.17, 15) is 22.4 Å². The molecule has 0 heterocycles. The topological polar surface area (TPSA) is 52.6 Å². The first kappa shape index (κ1) is 15.2. The van der Waals surface area contributed by atoms with Gasteiger partial charge in [0.25, 0.3) is 0 Å². The molecule has 0 aliphatic rings. The van der Waals surface area contributed by atoms with Gasteiger partial charge in [-0.2, -0.15) is 13.2 Å². The van der Waals surface area contributed by atoms with Crippen LogP contribution in [0.2, 0.25) is 0 Å². The predicted molar refractivity (Wildman–Crippen MR) is 60.1 cm³/mol. The van der Waals surface area contributed by atoms with Crippen molar-refractivity contribution in [3.8, 4) is 0 Å². The largest absolute Gasteiger partial charge is 0.416 e. The zero-order valence-corrected chi connectivity index (χ0v) is 9.91. The minimum Gasteiger partial charge on any atom is -0.382 e. The number of carbonyl (C=O) groups excluding carboxylic acids is 1. The lowest BCUT2D eigenvalue weighted by Crippen LogP contribution is -2.43. The Labute approximate surface area is 106 Å². The summed E-state index contributed by atoms with van der Waals surface area (Å²) in [6.45, 7) is -0.941. The van der Waals surface area contributed by atoms with Crippen molar-refractivity contribution in [2.75, 3.05) is 18.9 Å². The number of benzene rings is 1. The van der Waals surface area contributed by atoms with Crippen molar-refractivity contribution in [1.82, 2.24) is 4.90 Å². The lowest BCUT2D eigenvalue weighted by atomic mass is 10.3. The van der Waals surface area contributed by atoms with Gasteiger partial charge in [-0.1, -0.05) is 12.1 Å². The summed E-state index contributed by atoms with van der Waals surface area (Å²) < 4.78 is 49.5. The average Bonchev–Trinajstić information content (AvgIpc) is 2.30. The number of likely N-dealkylation sites (N-methyl/N-ethyl adjacent to an activating group) is 1. The van der Waals surface area contributed by atoms with E-state index in [1.54, 1.807) is 0 Å². The number of alkyl halides is 3. The third-order valence-electron chi connectivity index (χ3n) is 2.29. The molecule has 1 unspecified atom stereocenters. The summed E-state index contributed by atoms with van der Waals surface area (Å²) in [7, 11) is 1.06. The maximum atomic E-state index is 13.2. The summed E-state index contributed by atoms with van der Waals surface area (Å²) in [4.78, 5) is 12.1. The molecule has 8 heteroatoms. The molecule has 0 radical (unpaired) electrons. The number of anilines is 1. The highest BCUT2D eigenvalue weighted by molar-refractivity contribution is 5.89. The third kappa shape index (κ3) is 4.40. The first-order valence-corrected chi connectivity index (χ1v) is 5.23. The number of rotatable bonds is 3. The second-order valence-corrected chi connectivity index (χ2v) is 3.85. The molecule has 2 amide bonds. The van der Waals surface area contributed by atoms with Crippen LogP contribution in [0.1, 0.15) is 0 Å². The molecular weight excluding hydrogens is 268 g/mol. The van der Waals surface area contributed by atoms with Crippen molar-refractivity contribution in [2.45, 2.75) is 12.3 Å². The van der Waals surface area contributed by atoms with Gasteiger partial charge in [0, 0.05) is 7.05 Å². The summed E-state index contributed by atoms with van der Waals surface area (Å²) in [5.74, 6) is -0.708. The van der Waals surface area contributed by atoms with Crippen LogP contribution in [0.4, 0.5) is 28.0 Å². The van der Waals surface area contributed by atoms with Crippen LogP contribution in [-0.4, -0.2) is 41.9 Å². The number of nitrogens with one attached hydrogen (secondary N) is 1. The van der Waals surface area contributed by atoms with Gasteiger partial charge in [-0.05, 0) is 12.1 Å². The Morgan fingerprint density at radius 2 is 2.00 bits per heavy atom. The van der Waals surface area contributed by atoms with Gasteiger partial charge in [-0.15, -0.1) is 0 Å². The molecule has 1 aromatic rings. The molecule has 0 saturated heterocycles. The fourth-order valence-corrected chi connectivity index (χ4v) is 1.22. The van der Waals surface area contributed by atoms with E-state index in [1.807, 2.05) is 0 Å². The number of amides is 2. The van der Waals surface area contributed by atoms with Crippen LogP contribution in [0.5, 0.6) is 0 Å². The quantitative estimate of drug-likeness (QED) is 0.834. The number of nitrogens with zero attached hydrogens (tertiary/aromatic N) is 1. The normalized spacial score (nSPS) is 12.9. The van der Waals surface area contributed by atoms with Gasteiger partial charge in [0.05, 0.1) is 12.2 Å². The second kappa shape index (κ2) is 5.87. The van der Waals surface area contributed by atoms with Crippen LogP contribution < -0.4 is 5.32 Å². The van der Waals surface area contributed by atoms with E-state index in [4.69, 9.17) is 5.11 Å². The number of aliphatic hydroxyl groups excluding tert-OH is 1. The summed E-state index contributed by atoms with van der Waals surface area (Å²) in [6.07, 6.45) is -7.46. The number of hydrogen-bond donors (Lipinski definition) is 2. The van der Waals surface area contributed by atoms with Crippen molar-refractivity contribution < 1.29 is 27.5 Å². The van der Waals surface area contributed by atoms with Crippen LogP contribution in [-0.2, 0) is 0 Å². The Balaban J connectivity index is 2.62. The standard InChI is InChI=1S/C11H12F4N2O2/c1-17(6-9(18)11(13,14)15)10(19)16-8-5-3-2-4-7(8)12/h2-5,9,18H,6H2,1H3,(H,16,19). The van der Waals surface area contributed by atoms with Crippen molar-refractivity contribution >= 4 is 11.7 Å². The van der Waals surface area contributed by atoms with E-state index in [0.717, 1.165) is 13.1 Å². The molecule has 0 saturated carbocycles. The SMILES string of the molecule is CN(CC(O)C(F)(F)F)C(=O)Nc1ccccc1F. The zero-order valence-electron chi connectivity index (χ0n) is 9.91. The van der Waals surface area contributed by atoms with E-state index in [-0.39, 0.29) is 5.69 Å². The summed E-state index contributed by atoms with van der Waals surface area (Å²) >= 11 is 0. The Kier molecular flexibility index (Phi) is 4.71. The number of halogens is 4. The van der Waals surface area contributed by atoms with E-state index in [1.165, 1.54) is 18.2 Å². The average molecular weight is 280 g/mol. The molecule has 2 N–H and O–H groups in total. The van der Waals surface area contributed by atoms with Gasteiger partial charge in [-0.3, -0.25) is 0 Å². The molecule has 0 aliphatic heterocycles. The third-order valence-corrected chi connectivity index (χ3v) is 2.29. The first-order valence-electron chi connectivity index (χ1n) is 5.23. The maximum absolute atomic E-state index is 13.2. The molecule has 19 heavy (non-hydrogen) atoms. The summed E-state index contributed by atoms with van der Waals surface area (Å²) in [5, 5.41) is 10.9. The molecule has 4 nitrogen and oxygen atoms in total. The molecule has 0 fully saturated rings. The van der Waals surface area contributed by atoms with E-state index in [2.05, 4.69) is 5.32 Å². The number of hydrogen-bond acceptors (Lipinski definition) is 2. The van der Waals surface area contributed by atoms with Crippen molar-refractivity contribution in [3.05, 3.63) is 30.1 Å². The summed E-state index contributed by atoms with van der Waals surface area (Å²) in [6, 6.07) is 4.28. The number of urea groups is 1. The second-order valence-electron chi connectivity index (χ2n) is 3.85. The maximum Gasteiger partial charge on any atom is 0.416 e. The van der Waals surface area contributed by atoms with Gasteiger partial charge in [-0.25, -0.2) is 9.18 Å². The van der Waals surface area contributed by atoms with E-state index in [0.29, 0.717) is 4.90 Å². The highest BCUT2D eigenvalue weighted by Gasteiger charge is 2.39. The van der Waals surface area contributed by atoms with E-state index >= 15 is 0 Å². The molecule has 1 aromatic carbocycles. The lowest BCUT2D eigenvalue weighted by molar-refractivity contribution is -0.205. The van der Waals surface area contributed by atoms with Crippen LogP contribution >= 0.6 is 0 Å². The number of aliphatic hydroxyl groups is 1. The van der Waals surface area contributed by atoms with Crippen LogP contribution in [0.25, 0.3) is 0 Å². The fraction of sp³-hybridized carbons (Fsp3) is 0.364. The Bertz CT molecular complexity index is 451. The van der Waals surface area contributed by atoms with E-state index < -0.39 is 30.7 Å². The molecule has 106 valence electrons. The fourth-order valence-electron chi connectivity index (χ4n) is 1.22. The van der Waals surface area contributed by atoms with Gasteiger partial charge < -0.3 is 15.3 Å². The first-order chi connectivity index (χ1) is 8.71. The zero-order chi connectivity index (χ0) is 14.6. The smallest absolute Gasteiger partial charge is 0.382 e. The highest BCUT2D eigenvalue weighted by atomic mass is 19.4. The Morgan fingerprint density at radius 1 is 1.42 bits per heavy atom. The number of para-hydroxylation sites is 1. The minimum absolute atomic E-state index is 0.152. The van der Waals surface area contributed by atoms with Crippen molar-refractivity contribution in [1.29, 1.82) is 0 Å². The monoisotopic (exact) mass is 280 g/mol. The van der Waals surface area contributed by atoms with Gasteiger partial charge >= 0.3 is 12.2 Å². The van der Waals surface area contributed by atoms with Gasteiger partial charge in [0.1, 0.15) is 5.82 Å². The van der Waals surface area contributed by atoms with Crippen molar-refractivity contribution in [3.63, 3.8) is 0 Å². The van der Waals surface area contributed by atoms with Gasteiger partial charge in [0.15, 0.2) is 6.10 Å². The molecule has 1 rings (SSSR count). The van der Waals surface area contributed by atoms with Crippen LogP contribution in [0.3, 0.4) is 0 Å². The van der Waals surface area contributed by atoms with Crippen LogP contribution in [0.15, 0.2) is 24.3 Å². The minimum atomic E-state index is -4.81. The highest BCUT2D eigenvalue weighted by Crippen LogP contribution is 2.20. The van der Waals surface area contributed by atoms with Gasteiger partial charge in [0.2, 0.25) is 0 Å².